The molecule has 2 saturated heterocycles. The number of nitrogens with zero attached hydrogens (tertiary/aromatic N) is 7. The summed E-state index contributed by atoms with van der Waals surface area (Å²) in [5.74, 6) is -1.08. The summed E-state index contributed by atoms with van der Waals surface area (Å²) in [6, 6.07) is 6.46. The van der Waals surface area contributed by atoms with Crippen molar-refractivity contribution in [3.63, 3.8) is 0 Å². The molecule has 0 radical (unpaired) electrons. The minimum Gasteiger partial charge on any atom is -0.478 e. The molecule has 8 rings (SSSR count). The number of ether oxygens (including phenoxy) is 1. The molecule has 16 nitrogen and oxygen atoms in total. The van der Waals surface area contributed by atoms with Gasteiger partial charge in [-0.3, -0.25) is 33.7 Å². The second-order valence-electron chi connectivity index (χ2n) is 15.5. The summed E-state index contributed by atoms with van der Waals surface area (Å²) in [5, 5.41) is 17.6. The van der Waals surface area contributed by atoms with E-state index in [1.165, 1.54) is 17.7 Å². The number of benzene rings is 1. The Morgan fingerprint density at radius 2 is 1.86 bits per heavy atom. The molecule has 1 aliphatic carbocycles. The van der Waals surface area contributed by atoms with E-state index >= 15 is 4.39 Å². The molecule has 3 aliphatic rings. The number of piperidine rings is 1. The molecule has 3 amide bonds. The molecule has 1 spiro atoms. The van der Waals surface area contributed by atoms with Gasteiger partial charge in [-0.25, -0.2) is 14.4 Å². The minimum atomic E-state index is -0.602. The fraction of sp³-hybridized carbons (Fsp3) is 0.436. The van der Waals surface area contributed by atoms with Crippen molar-refractivity contribution < 1.29 is 23.5 Å². The number of imide groups is 1. The molecule has 4 aromatic heterocycles. The van der Waals surface area contributed by atoms with E-state index in [1.807, 2.05) is 19.9 Å². The lowest BCUT2D eigenvalue weighted by molar-refractivity contribution is -0.134. The number of carbonyl (C=O) groups is 3. The van der Waals surface area contributed by atoms with Crippen LogP contribution in [0.25, 0.3) is 21.9 Å². The van der Waals surface area contributed by atoms with E-state index in [4.69, 9.17) is 21.3 Å². The molecule has 1 aromatic carbocycles. The first-order valence-corrected chi connectivity index (χ1v) is 19.4. The fourth-order valence-corrected chi connectivity index (χ4v) is 8.38. The van der Waals surface area contributed by atoms with Crippen LogP contribution in [0.2, 0.25) is 5.02 Å². The van der Waals surface area contributed by atoms with E-state index in [0.29, 0.717) is 62.2 Å². The molecule has 0 bridgehead atoms. The van der Waals surface area contributed by atoms with Crippen LogP contribution in [0.15, 0.2) is 41.5 Å². The molecule has 4 N–H and O–H groups in total. The van der Waals surface area contributed by atoms with Crippen molar-refractivity contribution >= 4 is 74.4 Å². The Morgan fingerprint density at radius 1 is 1.09 bits per heavy atom. The lowest BCUT2D eigenvalue weighted by Crippen LogP contribution is -2.59. The molecule has 1 atom stereocenters. The van der Waals surface area contributed by atoms with Gasteiger partial charge in [-0.15, -0.1) is 0 Å². The van der Waals surface area contributed by atoms with Crippen molar-refractivity contribution in [1.82, 2.24) is 39.9 Å². The number of amides is 3. The predicted molar refractivity (Wildman–Crippen MR) is 213 cm³/mol. The summed E-state index contributed by atoms with van der Waals surface area (Å²) in [6.45, 7) is 5.01. The van der Waals surface area contributed by atoms with Crippen LogP contribution in [-0.2, 0) is 21.4 Å². The third-order valence-electron chi connectivity index (χ3n) is 11.3. The van der Waals surface area contributed by atoms with Crippen molar-refractivity contribution in [3.05, 3.63) is 63.5 Å². The van der Waals surface area contributed by atoms with Crippen LogP contribution >= 0.6 is 11.6 Å². The summed E-state index contributed by atoms with van der Waals surface area (Å²) in [6.07, 6.45) is 7.37. The van der Waals surface area contributed by atoms with Gasteiger partial charge >= 0.3 is 0 Å². The van der Waals surface area contributed by atoms with Gasteiger partial charge in [0.25, 0.3) is 11.5 Å². The van der Waals surface area contributed by atoms with Gasteiger partial charge in [-0.1, -0.05) is 11.6 Å². The van der Waals surface area contributed by atoms with Crippen LogP contribution < -0.4 is 36.5 Å². The SMILES string of the molecule is CNC(=O)COc1cc2cc(Nc3nc(N4CC5(CCC(Nc6cc7c(cc6F)c(C6CCC(=O)NC6=O)nn7C)CC5)C4)ncc3Cl)cnc2n(C(C)C)c1=O. The molecule has 18 heteroatoms. The molecule has 3 fully saturated rings. The van der Waals surface area contributed by atoms with Gasteiger partial charge in [0.1, 0.15) is 16.5 Å². The first-order chi connectivity index (χ1) is 27.3. The normalized spacial score (nSPS) is 18.2. The number of nitrogens with one attached hydrogen (secondary N) is 4. The summed E-state index contributed by atoms with van der Waals surface area (Å²) in [7, 11) is 3.27. The second kappa shape index (κ2) is 14.9. The summed E-state index contributed by atoms with van der Waals surface area (Å²) >= 11 is 6.56. The standard InChI is InChI=1S/C39H43ClFN11O5/c1-20(2)52-35-21(12-30(37(52)56)57-17-32(54)42-3)11-23(15-43-35)46-34-26(40)16-44-38(48-34)51-18-39(19-51)9-7-22(8-10-39)45-28-14-29-25(13-27(28)41)33(49-50(29)4)24-5-6-31(53)47-36(24)55/h11-16,20,22,24,45H,5-10,17-19H2,1-4H3,(H,42,54)(H,44,46,48)(H,47,53,55). The monoisotopic (exact) mass is 799 g/mol. The van der Waals surface area contributed by atoms with E-state index in [9.17, 15) is 19.2 Å². The maximum absolute atomic E-state index is 15.5. The number of fused-ring (bicyclic) bond motifs is 2. The number of hydrogen-bond acceptors (Lipinski definition) is 12. The zero-order valence-corrected chi connectivity index (χ0v) is 32.7. The molecule has 2 aliphatic heterocycles. The minimum absolute atomic E-state index is 0.0399. The third-order valence-corrected chi connectivity index (χ3v) is 11.5. The molecule has 57 heavy (non-hydrogen) atoms. The van der Waals surface area contributed by atoms with Crippen LogP contribution in [0.4, 0.5) is 27.5 Å². The Labute approximate surface area is 331 Å². The fourth-order valence-electron chi connectivity index (χ4n) is 8.24. The van der Waals surface area contributed by atoms with Gasteiger partial charge in [-0.2, -0.15) is 10.1 Å². The van der Waals surface area contributed by atoms with Gasteiger partial charge in [0.05, 0.1) is 40.9 Å². The average molecular weight is 800 g/mol. The number of anilines is 4. The average Bonchev–Trinajstić information content (AvgIpc) is 3.48. The van der Waals surface area contributed by atoms with E-state index in [-0.39, 0.29) is 53.6 Å². The van der Waals surface area contributed by atoms with Crippen LogP contribution in [0.3, 0.4) is 0 Å². The predicted octanol–water partition coefficient (Wildman–Crippen LogP) is 4.70. The Bertz CT molecular complexity index is 2490. The molecule has 1 saturated carbocycles. The number of aromatic nitrogens is 6. The number of aryl methyl sites for hydroxylation is 1. The Hall–Kier alpha value is -5.84. The van der Waals surface area contributed by atoms with Gasteiger partial charge in [0.15, 0.2) is 18.2 Å². The number of pyridine rings is 2. The molecular formula is C39H43ClFN11O5. The molecule has 298 valence electrons. The van der Waals surface area contributed by atoms with E-state index in [2.05, 4.69) is 41.2 Å². The van der Waals surface area contributed by atoms with Crippen molar-refractivity contribution in [2.24, 2.45) is 12.5 Å². The van der Waals surface area contributed by atoms with Gasteiger partial charge in [0.2, 0.25) is 17.8 Å². The second-order valence-corrected chi connectivity index (χ2v) is 15.9. The molecule has 5 aromatic rings. The van der Waals surface area contributed by atoms with Gasteiger partial charge in [0, 0.05) is 61.9 Å². The summed E-state index contributed by atoms with van der Waals surface area (Å²) in [5.41, 5.74) is 2.37. The number of hydrogen-bond donors (Lipinski definition) is 4. The van der Waals surface area contributed by atoms with Gasteiger partial charge < -0.3 is 25.6 Å². The van der Waals surface area contributed by atoms with Crippen LogP contribution in [-0.4, -0.2) is 79.8 Å². The Kier molecular flexibility index (Phi) is 9.96. The lowest BCUT2D eigenvalue weighted by atomic mass is 9.67. The summed E-state index contributed by atoms with van der Waals surface area (Å²) < 4.78 is 24.3. The van der Waals surface area contributed by atoms with Crippen molar-refractivity contribution in [2.75, 3.05) is 42.3 Å². The first kappa shape index (κ1) is 38.1. The van der Waals surface area contributed by atoms with Crippen LogP contribution in [0.5, 0.6) is 5.75 Å². The maximum Gasteiger partial charge on any atom is 0.294 e. The van der Waals surface area contributed by atoms with Crippen LogP contribution in [0, 0.1) is 11.2 Å². The Morgan fingerprint density at radius 3 is 2.58 bits per heavy atom. The highest BCUT2D eigenvalue weighted by atomic mass is 35.5. The zero-order valence-electron chi connectivity index (χ0n) is 32.0. The molecule has 6 heterocycles. The largest absolute Gasteiger partial charge is 0.478 e. The maximum atomic E-state index is 15.5. The highest BCUT2D eigenvalue weighted by molar-refractivity contribution is 6.33. The number of halogens is 2. The van der Waals surface area contributed by atoms with Crippen molar-refractivity contribution in [2.45, 2.75) is 70.4 Å². The topological polar surface area (TPSA) is 190 Å². The highest BCUT2D eigenvalue weighted by Gasteiger charge is 2.46. The number of carbonyl (C=O) groups excluding carboxylic acids is 3. The van der Waals surface area contributed by atoms with E-state index < -0.39 is 17.6 Å². The van der Waals surface area contributed by atoms with Crippen molar-refractivity contribution in [3.8, 4) is 5.75 Å². The smallest absolute Gasteiger partial charge is 0.294 e. The zero-order chi connectivity index (χ0) is 40.2. The molecular weight excluding hydrogens is 757 g/mol. The first-order valence-electron chi connectivity index (χ1n) is 19.0. The van der Waals surface area contributed by atoms with Crippen LogP contribution in [0.1, 0.15) is 70.0 Å². The Balaban J connectivity index is 0.912. The number of rotatable bonds is 10. The molecule has 1 unspecified atom stereocenters. The van der Waals surface area contributed by atoms with E-state index in [1.54, 1.807) is 36.3 Å². The van der Waals surface area contributed by atoms with Crippen molar-refractivity contribution in [1.29, 1.82) is 0 Å². The highest BCUT2D eigenvalue weighted by Crippen LogP contribution is 2.46. The summed E-state index contributed by atoms with van der Waals surface area (Å²) in [4.78, 5) is 65.2. The van der Waals surface area contributed by atoms with Gasteiger partial charge in [-0.05, 0) is 70.2 Å². The third kappa shape index (κ3) is 7.31. The lowest BCUT2D eigenvalue weighted by Gasteiger charge is -2.53. The quantitative estimate of drug-likeness (QED) is 0.143. The number of likely N-dealkylation sites (N-methyl/N-ethyl adjacent to an activating group) is 1. The van der Waals surface area contributed by atoms with E-state index in [0.717, 1.165) is 38.8 Å².